The average molecular weight is 471 g/mol. The Kier molecular flexibility index (Phi) is 6.18. The molecule has 2 aliphatic rings. The maximum atomic E-state index is 13.2. The van der Waals surface area contributed by atoms with Crippen molar-refractivity contribution in [3.8, 4) is 0 Å². The van der Waals surface area contributed by atoms with Gasteiger partial charge < -0.3 is 9.47 Å². The Morgan fingerprint density at radius 2 is 1.94 bits per heavy atom. The standard InChI is InChI=1S/C19H19F6NO4S/c1-17(31(27,28)14-4-2-3-13(8-14)19(23,24)25)5-6-29-15(9-17)12-7-16(26-10-12)30-11-18(20,21)22/h2-4,7-8,15H,5-6,9-11H2,1H3. The van der Waals surface area contributed by atoms with E-state index in [1.54, 1.807) is 0 Å². The molecule has 2 unspecified atom stereocenters. The summed E-state index contributed by atoms with van der Waals surface area (Å²) in [6, 6.07) is 3.54. The molecule has 0 radical (unpaired) electrons. The Morgan fingerprint density at radius 3 is 2.58 bits per heavy atom. The van der Waals surface area contributed by atoms with Crippen LogP contribution in [0, 0.1) is 0 Å². The van der Waals surface area contributed by atoms with Crippen LogP contribution in [0.25, 0.3) is 0 Å². The van der Waals surface area contributed by atoms with E-state index in [0.29, 0.717) is 11.6 Å². The average Bonchev–Trinajstić information content (AvgIpc) is 3.14. The molecule has 0 N–H and O–H groups in total. The van der Waals surface area contributed by atoms with Crippen LogP contribution in [0.3, 0.4) is 0 Å². The largest absolute Gasteiger partial charge is 0.468 e. The number of nitrogens with zero attached hydrogens (tertiary/aromatic N) is 1. The second-order valence-electron chi connectivity index (χ2n) is 7.57. The Hall–Kier alpha value is -2.08. The van der Waals surface area contributed by atoms with E-state index in [1.807, 2.05) is 0 Å². The predicted molar refractivity (Wildman–Crippen MR) is 98.4 cm³/mol. The third kappa shape index (κ3) is 5.22. The SMILES string of the molecule is CC1(S(=O)(=O)c2cccc(C(F)(F)F)c2)CCOC(C2=CC(OCC(F)(F)F)=NC2)C1. The lowest BCUT2D eigenvalue weighted by atomic mass is 9.92. The van der Waals surface area contributed by atoms with Crippen LogP contribution in [0.2, 0.25) is 0 Å². The topological polar surface area (TPSA) is 65.0 Å². The summed E-state index contributed by atoms with van der Waals surface area (Å²) in [5.74, 6) is -0.232. The van der Waals surface area contributed by atoms with Crippen molar-refractivity contribution in [3.05, 3.63) is 41.5 Å². The van der Waals surface area contributed by atoms with E-state index in [-0.39, 0.29) is 31.9 Å². The molecule has 0 amide bonds. The molecule has 1 saturated heterocycles. The molecule has 5 nitrogen and oxygen atoms in total. The van der Waals surface area contributed by atoms with Crippen LogP contribution in [0.5, 0.6) is 0 Å². The van der Waals surface area contributed by atoms with Crippen molar-refractivity contribution in [3.63, 3.8) is 0 Å². The first-order valence-electron chi connectivity index (χ1n) is 9.19. The summed E-state index contributed by atoms with van der Waals surface area (Å²) >= 11 is 0. The molecule has 0 aromatic heterocycles. The van der Waals surface area contributed by atoms with E-state index < -0.39 is 50.1 Å². The minimum Gasteiger partial charge on any atom is -0.468 e. The van der Waals surface area contributed by atoms with Crippen molar-refractivity contribution in [1.29, 1.82) is 0 Å². The third-order valence-corrected chi connectivity index (χ3v) is 7.75. The van der Waals surface area contributed by atoms with Crippen LogP contribution in [-0.2, 0) is 25.5 Å². The Bertz CT molecular complexity index is 999. The molecule has 1 fully saturated rings. The minimum absolute atomic E-state index is 0.00936. The summed E-state index contributed by atoms with van der Waals surface area (Å²) in [6.07, 6.45) is -8.75. The second kappa shape index (κ2) is 8.12. The van der Waals surface area contributed by atoms with Crippen molar-refractivity contribution in [2.45, 2.75) is 47.9 Å². The van der Waals surface area contributed by atoms with Gasteiger partial charge in [-0.15, -0.1) is 0 Å². The van der Waals surface area contributed by atoms with Gasteiger partial charge in [-0.25, -0.2) is 13.4 Å². The number of hydrogen-bond acceptors (Lipinski definition) is 5. The number of ether oxygens (including phenoxy) is 2. The van der Waals surface area contributed by atoms with Gasteiger partial charge in [0.15, 0.2) is 16.4 Å². The lowest BCUT2D eigenvalue weighted by molar-refractivity contribution is -0.155. The fourth-order valence-electron chi connectivity index (χ4n) is 3.43. The molecule has 1 aromatic carbocycles. The first kappa shape index (κ1) is 23.6. The summed E-state index contributed by atoms with van der Waals surface area (Å²) in [5.41, 5.74) is -0.624. The van der Waals surface area contributed by atoms with E-state index in [9.17, 15) is 34.8 Å². The van der Waals surface area contributed by atoms with E-state index >= 15 is 0 Å². The molecule has 0 saturated carbocycles. The zero-order chi connectivity index (χ0) is 23.1. The molecule has 2 atom stereocenters. The summed E-state index contributed by atoms with van der Waals surface area (Å²) in [5, 5.41) is 0. The van der Waals surface area contributed by atoms with Crippen LogP contribution >= 0.6 is 0 Å². The van der Waals surface area contributed by atoms with Gasteiger partial charge in [0.25, 0.3) is 0 Å². The molecule has 31 heavy (non-hydrogen) atoms. The normalized spacial score (nSPS) is 25.2. The van der Waals surface area contributed by atoms with Gasteiger partial charge >= 0.3 is 12.4 Å². The van der Waals surface area contributed by atoms with Crippen LogP contribution in [0.4, 0.5) is 26.3 Å². The van der Waals surface area contributed by atoms with Gasteiger partial charge in [0.05, 0.1) is 27.9 Å². The van der Waals surface area contributed by atoms with Gasteiger partial charge in [-0.1, -0.05) is 6.07 Å². The monoisotopic (exact) mass is 471 g/mol. The number of alkyl halides is 6. The number of benzene rings is 1. The van der Waals surface area contributed by atoms with Gasteiger partial charge in [-0.05, 0) is 43.5 Å². The number of hydrogen-bond donors (Lipinski definition) is 0. The highest BCUT2D eigenvalue weighted by atomic mass is 32.2. The van der Waals surface area contributed by atoms with Crippen molar-refractivity contribution in [1.82, 2.24) is 0 Å². The number of rotatable bonds is 4. The maximum absolute atomic E-state index is 13.2. The van der Waals surface area contributed by atoms with Crippen LogP contribution in [0.1, 0.15) is 25.3 Å². The van der Waals surface area contributed by atoms with E-state index in [4.69, 9.17) is 4.74 Å². The zero-order valence-corrected chi connectivity index (χ0v) is 17.1. The van der Waals surface area contributed by atoms with E-state index in [0.717, 1.165) is 18.2 Å². The quantitative estimate of drug-likeness (QED) is 0.614. The number of aliphatic imine (C=N–C) groups is 1. The third-order valence-electron chi connectivity index (χ3n) is 5.21. The van der Waals surface area contributed by atoms with Gasteiger partial charge in [-0.2, -0.15) is 26.3 Å². The van der Waals surface area contributed by atoms with Gasteiger partial charge in [0.2, 0.25) is 5.90 Å². The van der Waals surface area contributed by atoms with Crippen LogP contribution in [0.15, 0.2) is 45.8 Å². The maximum Gasteiger partial charge on any atom is 0.422 e. The molecule has 172 valence electrons. The summed E-state index contributed by atoms with van der Waals surface area (Å²) in [4.78, 5) is 3.40. The van der Waals surface area contributed by atoms with Crippen LogP contribution < -0.4 is 0 Å². The Morgan fingerprint density at radius 1 is 1.23 bits per heavy atom. The van der Waals surface area contributed by atoms with Gasteiger partial charge in [0, 0.05) is 12.7 Å². The molecule has 12 heteroatoms. The molecular formula is C19H19F6NO4S. The smallest absolute Gasteiger partial charge is 0.422 e. The van der Waals surface area contributed by atoms with Crippen molar-refractivity contribution >= 4 is 15.7 Å². The molecule has 2 heterocycles. The Balaban J connectivity index is 1.79. The van der Waals surface area contributed by atoms with Crippen LogP contribution in [-0.4, -0.2) is 51.1 Å². The van der Waals surface area contributed by atoms with Gasteiger partial charge in [0.1, 0.15) is 0 Å². The lowest BCUT2D eigenvalue weighted by Crippen LogP contribution is -2.45. The Labute approximate surface area is 174 Å². The van der Waals surface area contributed by atoms with Crippen molar-refractivity contribution in [2.75, 3.05) is 19.8 Å². The minimum atomic E-state index is -4.69. The fraction of sp³-hybridized carbons (Fsp3) is 0.526. The molecule has 0 spiro atoms. The number of sulfone groups is 1. The fourth-order valence-corrected chi connectivity index (χ4v) is 5.27. The molecule has 1 aromatic rings. The molecular weight excluding hydrogens is 452 g/mol. The summed E-state index contributed by atoms with van der Waals surface area (Å²) in [7, 11) is -4.17. The number of halogens is 6. The molecule has 0 aliphatic carbocycles. The van der Waals surface area contributed by atoms with E-state index in [2.05, 4.69) is 9.73 Å². The van der Waals surface area contributed by atoms with Gasteiger partial charge in [-0.3, -0.25) is 0 Å². The molecule has 0 bridgehead atoms. The first-order valence-corrected chi connectivity index (χ1v) is 10.7. The zero-order valence-electron chi connectivity index (χ0n) is 16.3. The second-order valence-corrected chi connectivity index (χ2v) is 10.0. The predicted octanol–water partition coefficient (Wildman–Crippen LogP) is 4.33. The van der Waals surface area contributed by atoms with E-state index in [1.165, 1.54) is 13.0 Å². The highest BCUT2D eigenvalue weighted by Crippen LogP contribution is 2.40. The highest BCUT2D eigenvalue weighted by molar-refractivity contribution is 7.92. The summed E-state index contributed by atoms with van der Waals surface area (Å²) in [6.45, 7) is -0.0920. The van der Waals surface area contributed by atoms with Crippen molar-refractivity contribution in [2.24, 2.45) is 4.99 Å². The summed E-state index contributed by atoms with van der Waals surface area (Å²) < 4.78 is 111. The molecule has 3 rings (SSSR count). The first-order chi connectivity index (χ1) is 14.2. The molecule has 2 aliphatic heterocycles. The highest BCUT2D eigenvalue weighted by Gasteiger charge is 2.46. The lowest BCUT2D eigenvalue weighted by Gasteiger charge is -2.38. The van der Waals surface area contributed by atoms with Crippen molar-refractivity contribution < 1.29 is 44.2 Å².